The Morgan fingerprint density at radius 3 is 3.14 bits per heavy atom. The Morgan fingerprint density at radius 1 is 1.43 bits per heavy atom. The lowest BCUT2D eigenvalue weighted by Crippen LogP contribution is -2.23. The molecule has 0 saturated heterocycles. The zero-order valence-corrected chi connectivity index (χ0v) is 13.5. The first kappa shape index (κ1) is 14.5. The van der Waals surface area contributed by atoms with Crippen LogP contribution in [0, 0.1) is 6.92 Å². The molecule has 21 heavy (non-hydrogen) atoms. The van der Waals surface area contributed by atoms with Gasteiger partial charge >= 0.3 is 0 Å². The molecule has 1 N–H and O–H groups in total. The van der Waals surface area contributed by atoms with Crippen LogP contribution >= 0.6 is 15.9 Å². The molecule has 0 radical (unpaired) electrons. The van der Waals surface area contributed by atoms with Crippen molar-refractivity contribution in [1.29, 1.82) is 0 Å². The molecule has 0 fully saturated rings. The molecule has 2 aromatic rings. The fourth-order valence-electron chi connectivity index (χ4n) is 2.55. The first-order valence-electron chi connectivity index (χ1n) is 7.17. The number of hydrogen-bond acceptors (Lipinski definition) is 5. The molecule has 112 valence electrons. The van der Waals surface area contributed by atoms with E-state index in [1.807, 2.05) is 13.0 Å². The minimum Gasteiger partial charge on any atom is -0.493 e. The third-order valence-corrected chi connectivity index (χ3v) is 4.04. The number of rotatable bonds is 4. The molecular weight excluding hydrogens is 334 g/mol. The van der Waals surface area contributed by atoms with Crippen LogP contribution in [-0.4, -0.2) is 23.3 Å². The molecule has 1 unspecified atom stereocenters. The number of hydrogen-bond donors (Lipinski definition) is 1. The topological polar surface area (TPSA) is 60.2 Å². The van der Waals surface area contributed by atoms with Crippen molar-refractivity contribution < 1.29 is 9.26 Å². The highest BCUT2D eigenvalue weighted by atomic mass is 79.9. The van der Waals surface area contributed by atoms with Crippen molar-refractivity contribution in [3.8, 4) is 5.75 Å². The second-order valence-corrected chi connectivity index (χ2v) is 6.08. The lowest BCUT2D eigenvalue weighted by molar-refractivity contribution is 0.315. The number of aryl methyl sites for hydroxylation is 1. The Labute approximate surface area is 132 Å². The maximum absolute atomic E-state index is 5.82. The normalized spacial score (nSPS) is 17.9. The molecule has 0 spiro atoms. The van der Waals surface area contributed by atoms with Crippen LogP contribution in [-0.2, 0) is 6.42 Å². The molecule has 1 aliphatic rings. The van der Waals surface area contributed by atoms with Gasteiger partial charge in [0.05, 0.1) is 6.61 Å². The number of benzene rings is 1. The summed E-state index contributed by atoms with van der Waals surface area (Å²) in [7, 11) is 0. The Balaban J connectivity index is 1.65. The summed E-state index contributed by atoms with van der Waals surface area (Å²) in [6.07, 6.45) is 2.85. The minimum atomic E-state index is 0.305. The highest BCUT2D eigenvalue weighted by molar-refractivity contribution is 9.10. The van der Waals surface area contributed by atoms with Crippen LogP contribution in [0.4, 0.5) is 0 Å². The molecule has 0 saturated carbocycles. The van der Waals surface area contributed by atoms with Gasteiger partial charge in [-0.1, -0.05) is 27.2 Å². The van der Waals surface area contributed by atoms with E-state index in [9.17, 15) is 0 Å². The summed E-state index contributed by atoms with van der Waals surface area (Å²) >= 11 is 3.49. The van der Waals surface area contributed by atoms with Gasteiger partial charge in [-0.15, -0.1) is 0 Å². The average Bonchev–Trinajstić information content (AvgIpc) is 2.77. The van der Waals surface area contributed by atoms with E-state index in [0.29, 0.717) is 17.8 Å². The second kappa shape index (κ2) is 6.58. The summed E-state index contributed by atoms with van der Waals surface area (Å²) in [4.78, 5) is 4.22. The Bertz CT molecular complexity index is 615. The van der Waals surface area contributed by atoms with Gasteiger partial charge in [-0.05, 0) is 31.9 Å². The van der Waals surface area contributed by atoms with Crippen LogP contribution in [0.25, 0.3) is 0 Å². The number of aromatic nitrogens is 2. The van der Waals surface area contributed by atoms with Crippen molar-refractivity contribution in [2.75, 3.05) is 13.2 Å². The van der Waals surface area contributed by atoms with E-state index in [0.717, 1.165) is 42.6 Å². The summed E-state index contributed by atoms with van der Waals surface area (Å²) in [6.45, 7) is 3.41. The van der Waals surface area contributed by atoms with Gasteiger partial charge in [0.15, 0.2) is 5.82 Å². The zero-order valence-electron chi connectivity index (χ0n) is 11.9. The molecule has 0 bridgehead atoms. The molecule has 0 amide bonds. The van der Waals surface area contributed by atoms with E-state index >= 15 is 0 Å². The summed E-state index contributed by atoms with van der Waals surface area (Å²) in [6, 6.07) is 6.53. The van der Waals surface area contributed by atoms with Crippen molar-refractivity contribution in [2.24, 2.45) is 0 Å². The summed E-state index contributed by atoms with van der Waals surface area (Å²) < 4.78 is 12.0. The summed E-state index contributed by atoms with van der Waals surface area (Å²) in [5.41, 5.74) is 1.22. The van der Waals surface area contributed by atoms with E-state index in [-0.39, 0.29) is 0 Å². The number of ether oxygens (including phenoxy) is 1. The van der Waals surface area contributed by atoms with Gasteiger partial charge in [-0.2, -0.15) is 4.98 Å². The van der Waals surface area contributed by atoms with E-state index in [1.54, 1.807) is 0 Å². The van der Waals surface area contributed by atoms with Crippen LogP contribution in [0.15, 0.2) is 27.2 Å². The van der Waals surface area contributed by atoms with Crippen LogP contribution < -0.4 is 10.1 Å². The number of nitrogens with zero attached hydrogens (tertiary/aromatic N) is 2. The largest absolute Gasteiger partial charge is 0.493 e. The predicted molar refractivity (Wildman–Crippen MR) is 82.4 cm³/mol. The third kappa shape index (κ3) is 3.63. The van der Waals surface area contributed by atoms with Crippen LogP contribution in [0.1, 0.15) is 36.2 Å². The molecule has 1 aromatic heterocycles. The molecule has 2 heterocycles. The summed E-state index contributed by atoms with van der Waals surface area (Å²) in [5.74, 6) is 2.33. The highest BCUT2D eigenvalue weighted by Crippen LogP contribution is 2.33. The van der Waals surface area contributed by atoms with E-state index in [4.69, 9.17) is 9.26 Å². The Kier molecular flexibility index (Phi) is 4.55. The molecule has 3 rings (SSSR count). The van der Waals surface area contributed by atoms with Crippen molar-refractivity contribution in [3.63, 3.8) is 0 Å². The minimum absolute atomic E-state index is 0.305. The SMILES string of the molecule is Cc1noc(CCNC2CCCOc3cc(Br)ccc32)n1. The molecule has 5 nitrogen and oxygen atoms in total. The van der Waals surface area contributed by atoms with E-state index in [2.05, 4.69) is 43.5 Å². The van der Waals surface area contributed by atoms with E-state index < -0.39 is 0 Å². The van der Waals surface area contributed by atoms with Gasteiger partial charge in [0.2, 0.25) is 5.89 Å². The lowest BCUT2D eigenvalue weighted by Gasteiger charge is -2.18. The molecule has 6 heteroatoms. The fourth-order valence-corrected chi connectivity index (χ4v) is 2.89. The first-order valence-corrected chi connectivity index (χ1v) is 7.96. The third-order valence-electron chi connectivity index (χ3n) is 3.54. The lowest BCUT2D eigenvalue weighted by atomic mass is 10.0. The van der Waals surface area contributed by atoms with Gasteiger partial charge in [0.25, 0.3) is 0 Å². The standard InChI is InChI=1S/C15H18BrN3O2/c1-10-18-15(21-19-10)6-7-17-13-3-2-8-20-14-9-11(16)4-5-12(13)14/h4-5,9,13,17H,2-3,6-8H2,1H3. The van der Waals surface area contributed by atoms with Crippen LogP contribution in [0.5, 0.6) is 5.75 Å². The van der Waals surface area contributed by atoms with Gasteiger partial charge in [-0.3, -0.25) is 0 Å². The van der Waals surface area contributed by atoms with Crippen LogP contribution in [0.2, 0.25) is 0 Å². The van der Waals surface area contributed by atoms with Gasteiger partial charge < -0.3 is 14.6 Å². The highest BCUT2D eigenvalue weighted by Gasteiger charge is 2.19. The van der Waals surface area contributed by atoms with Gasteiger partial charge in [-0.25, -0.2) is 0 Å². The molecular formula is C15H18BrN3O2. The predicted octanol–water partition coefficient (Wildman–Crippen LogP) is 3.19. The molecule has 1 aromatic carbocycles. The van der Waals surface area contributed by atoms with Crippen molar-refractivity contribution in [3.05, 3.63) is 40.0 Å². The maximum Gasteiger partial charge on any atom is 0.227 e. The fraction of sp³-hybridized carbons (Fsp3) is 0.467. The van der Waals surface area contributed by atoms with Crippen molar-refractivity contribution in [1.82, 2.24) is 15.5 Å². The van der Waals surface area contributed by atoms with Crippen LogP contribution in [0.3, 0.4) is 0 Å². The van der Waals surface area contributed by atoms with Gasteiger partial charge in [0, 0.05) is 29.0 Å². The molecule has 1 aliphatic heterocycles. The number of nitrogens with one attached hydrogen (secondary N) is 1. The Morgan fingerprint density at radius 2 is 2.33 bits per heavy atom. The molecule has 0 aliphatic carbocycles. The quantitative estimate of drug-likeness (QED) is 0.916. The Hall–Kier alpha value is -1.40. The van der Waals surface area contributed by atoms with E-state index in [1.165, 1.54) is 5.56 Å². The molecule has 1 atom stereocenters. The number of halogens is 1. The monoisotopic (exact) mass is 351 g/mol. The zero-order chi connectivity index (χ0) is 14.7. The van der Waals surface area contributed by atoms with Crippen molar-refractivity contribution in [2.45, 2.75) is 32.2 Å². The number of fused-ring (bicyclic) bond motifs is 1. The van der Waals surface area contributed by atoms with Gasteiger partial charge in [0.1, 0.15) is 5.75 Å². The smallest absolute Gasteiger partial charge is 0.227 e. The van der Waals surface area contributed by atoms with Crippen molar-refractivity contribution >= 4 is 15.9 Å². The maximum atomic E-state index is 5.82. The first-order chi connectivity index (χ1) is 10.2. The second-order valence-electron chi connectivity index (χ2n) is 5.16. The summed E-state index contributed by atoms with van der Waals surface area (Å²) in [5, 5.41) is 7.38. The average molecular weight is 352 g/mol.